The van der Waals surface area contributed by atoms with Crippen LogP contribution in [0.2, 0.25) is 0 Å². The molecule has 2 N–H and O–H groups in total. The van der Waals surface area contributed by atoms with E-state index in [1.165, 1.54) is 4.90 Å². The molecule has 3 fully saturated rings. The second-order valence-corrected chi connectivity index (χ2v) is 7.08. The van der Waals surface area contributed by atoms with E-state index in [1.54, 1.807) is 6.92 Å². The van der Waals surface area contributed by atoms with E-state index in [-0.39, 0.29) is 50.2 Å². The Labute approximate surface area is 170 Å². The Hall–Kier alpha value is -3.31. The van der Waals surface area contributed by atoms with E-state index in [0.29, 0.717) is 0 Å². The minimum Gasteiger partial charge on any atom is -0.450 e. The number of rotatable bonds is 5. The van der Waals surface area contributed by atoms with Crippen molar-refractivity contribution < 1.29 is 37.4 Å². The van der Waals surface area contributed by atoms with Crippen LogP contribution < -0.4 is 20.4 Å². The summed E-state index contributed by atoms with van der Waals surface area (Å²) in [6, 6.07) is 1.76. The smallest absolute Gasteiger partial charge is 0.414 e. The molecule has 4 rings (SSSR count). The predicted molar refractivity (Wildman–Crippen MR) is 98.4 cm³/mol. The molecule has 0 aromatic heterocycles. The van der Waals surface area contributed by atoms with Crippen LogP contribution >= 0.6 is 0 Å². The first-order chi connectivity index (χ1) is 14.4. The molecule has 0 unspecified atom stereocenters. The van der Waals surface area contributed by atoms with Crippen molar-refractivity contribution in [3.8, 4) is 0 Å². The quantitative estimate of drug-likeness (QED) is 0.684. The fourth-order valence-electron chi connectivity index (χ4n) is 3.77. The highest BCUT2D eigenvalue weighted by molar-refractivity contribution is 5.90. The standard InChI is InChI=1S/C18H20F2N4O6/c1-2-28-16(25)21-5-10-6-24(18(27)29-10)9-3-11(19)15(12(20)4-9)23-7-13-14(8-23)30-17(26)22-13/h3-4,10,13-14H,2,5-8H2,1H3,(H,21,25)(H,22,26)/t10-,13-,14+/m0/s1. The van der Waals surface area contributed by atoms with Crippen molar-refractivity contribution in [2.75, 3.05) is 42.6 Å². The number of benzene rings is 1. The lowest BCUT2D eigenvalue weighted by molar-refractivity contribution is 0.127. The van der Waals surface area contributed by atoms with Crippen LogP contribution in [0.15, 0.2) is 12.1 Å². The highest BCUT2D eigenvalue weighted by atomic mass is 19.1. The molecule has 0 bridgehead atoms. The molecule has 1 aromatic carbocycles. The minimum absolute atomic E-state index is 0.00123. The molecule has 3 atom stereocenters. The minimum atomic E-state index is -0.850. The summed E-state index contributed by atoms with van der Waals surface area (Å²) in [5, 5.41) is 5.04. The Bertz CT molecular complexity index is 845. The van der Waals surface area contributed by atoms with Crippen molar-refractivity contribution >= 4 is 29.7 Å². The fraction of sp³-hybridized carbons (Fsp3) is 0.500. The number of anilines is 2. The lowest BCUT2D eigenvalue weighted by Crippen LogP contribution is -2.35. The molecule has 3 aliphatic rings. The van der Waals surface area contributed by atoms with Gasteiger partial charge in [0, 0.05) is 18.7 Å². The number of carbonyl (C=O) groups is 3. The van der Waals surface area contributed by atoms with E-state index in [4.69, 9.17) is 14.2 Å². The maximum Gasteiger partial charge on any atom is 0.414 e. The first-order valence-electron chi connectivity index (χ1n) is 9.45. The second kappa shape index (κ2) is 7.84. The van der Waals surface area contributed by atoms with Gasteiger partial charge in [-0.15, -0.1) is 0 Å². The maximum absolute atomic E-state index is 14.8. The van der Waals surface area contributed by atoms with Gasteiger partial charge in [-0.2, -0.15) is 0 Å². The predicted octanol–water partition coefficient (Wildman–Crippen LogP) is 1.33. The highest BCUT2D eigenvalue weighted by Crippen LogP contribution is 2.34. The van der Waals surface area contributed by atoms with Crippen molar-refractivity contribution in [1.29, 1.82) is 0 Å². The fourth-order valence-corrected chi connectivity index (χ4v) is 3.77. The number of cyclic esters (lactones) is 1. The summed E-state index contributed by atoms with van der Waals surface area (Å²) in [4.78, 5) is 37.3. The molecule has 3 aliphatic heterocycles. The van der Waals surface area contributed by atoms with Gasteiger partial charge in [-0.3, -0.25) is 4.90 Å². The van der Waals surface area contributed by atoms with E-state index in [2.05, 4.69) is 10.6 Å². The van der Waals surface area contributed by atoms with Crippen molar-refractivity contribution in [1.82, 2.24) is 10.6 Å². The molecule has 0 aliphatic carbocycles. The topological polar surface area (TPSA) is 109 Å². The van der Waals surface area contributed by atoms with Gasteiger partial charge in [0.05, 0.1) is 38.0 Å². The van der Waals surface area contributed by atoms with Gasteiger partial charge in [0.2, 0.25) is 0 Å². The molecule has 30 heavy (non-hydrogen) atoms. The van der Waals surface area contributed by atoms with Gasteiger partial charge in [-0.1, -0.05) is 0 Å². The van der Waals surface area contributed by atoms with Gasteiger partial charge >= 0.3 is 18.3 Å². The summed E-state index contributed by atoms with van der Waals surface area (Å²) >= 11 is 0. The van der Waals surface area contributed by atoms with Crippen LogP contribution in [-0.4, -0.2) is 69.3 Å². The van der Waals surface area contributed by atoms with Gasteiger partial charge in [-0.25, -0.2) is 23.2 Å². The zero-order chi connectivity index (χ0) is 21.4. The maximum atomic E-state index is 14.8. The van der Waals surface area contributed by atoms with Crippen molar-refractivity contribution in [2.24, 2.45) is 0 Å². The molecule has 10 nitrogen and oxygen atoms in total. The molecule has 0 spiro atoms. The third-order valence-corrected chi connectivity index (χ3v) is 5.08. The SMILES string of the molecule is CCOC(=O)NC[C@H]1CN(c2cc(F)c(N3C[C@@H]4NC(=O)O[C@@H]4C3)c(F)c2)C(=O)O1. The Morgan fingerprint density at radius 3 is 2.63 bits per heavy atom. The Morgan fingerprint density at radius 1 is 1.23 bits per heavy atom. The number of amides is 3. The van der Waals surface area contributed by atoms with Crippen molar-refractivity contribution in [3.63, 3.8) is 0 Å². The first-order valence-corrected chi connectivity index (χ1v) is 9.45. The van der Waals surface area contributed by atoms with Crippen LogP contribution in [0.25, 0.3) is 0 Å². The number of carbonyl (C=O) groups excluding carboxylic acids is 3. The Morgan fingerprint density at radius 2 is 1.97 bits per heavy atom. The first kappa shape index (κ1) is 20.0. The number of alkyl carbamates (subject to hydrolysis) is 2. The number of nitrogens with one attached hydrogen (secondary N) is 2. The zero-order valence-corrected chi connectivity index (χ0v) is 16.0. The summed E-state index contributed by atoms with van der Waals surface area (Å²) in [6.45, 7) is 2.23. The number of halogens is 2. The average Bonchev–Trinajstić information content (AvgIpc) is 3.32. The van der Waals surface area contributed by atoms with Crippen molar-refractivity contribution in [3.05, 3.63) is 23.8 Å². The third kappa shape index (κ3) is 3.76. The summed E-state index contributed by atoms with van der Waals surface area (Å²) < 4.78 is 44.5. The van der Waals surface area contributed by atoms with Gasteiger partial charge < -0.3 is 29.7 Å². The normalized spacial score (nSPS) is 25.0. The monoisotopic (exact) mass is 426 g/mol. The number of hydrogen-bond acceptors (Lipinski definition) is 7. The molecule has 12 heteroatoms. The lowest BCUT2D eigenvalue weighted by Gasteiger charge is -2.22. The van der Waals surface area contributed by atoms with Crippen molar-refractivity contribution in [2.45, 2.75) is 25.2 Å². The van der Waals surface area contributed by atoms with Gasteiger partial charge in [-0.05, 0) is 6.92 Å². The van der Waals surface area contributed by atoms with Crippen LogP contribution in [0.3, 0.4) is 0 Å². The van der Waals surface area contributed by atoms with Crippen LogP contribution in [0.4, 0.5) is 34.5 Å². The number of nitrogens with zero attached hydrogens (tertiary/aromatic N) is 2. The number of ether oxygens (including phenoxy) is 3. The zero-order valence-electron chi connectivity index (χ0n) is 16.0. The summed E-state index contributed by atoms with van der Waals surface area (Å²) in [5.74, 6) is -1.70. The van der Waals surface area contributed by atoms with Gasteiger partial charge in [0.1, 0.15) is 17.9 Å². The largest absolute Gasteiger partial charge is 0.450 e. The Balaban J connectivity index is 1.44. The molecular weight excluding hydrogens is 406 g/mol. The molecule has 1 aromatic rings. The van der Waals surface area contributed by atoms with E-state index in [1.807, 2.05) is 0 Å². The highest BCUT2D eigenvalue weighted by Gasteiger charge is 2.43. The van der Waals surface area contributed by atoms with E-state index in [9.17, 15) is 23.2 Å². The second-order valence-electron chi connectivity index (χ2n) is 7.08. The molecule has 3 amide bonds. The van der Waals surface area contributed by atoms with Crippen LogP contribution in [-0.2, 0) is 14.2 Å². The Kier molecular flexibility index (Phi) is 5.22. The summed E-state index contributed by atoms with van der Waals surface area (Å²) in [7, 11) is 0. The number of fused-ring (bicyclic) bond motifs is 1. The van der Waals surface area contributed by atoms with E-state index >= 15 is 0 Å². The van der Waals surface area contributed by atoms with E-state index in [0.717, 1.165) is 17.0 Å². The van der Waals surface area contributed by atoms with Crippen LogP contribution in [0.5, 0.6) is 0 Å². The molecule has 3 heterocycles. The van der Waals surface area contributed by atoms with Crippen LogP contribution in [0.1, 0.15) is 6.92 Å². The van der Waals surface area contributed by atoms with E-state index < -0.39 is 42.1 Å². The summed E-state index contributed by atoms with van der Waals surface area (Å²) in [5.41, 5.74) is -0.250. The molecule has 3 saturated heterocycles. The molecule has 0 saturated carbocycles. The van der Waals surface area contributed by atoms with Gasteiger partial charge in [0.15, 0.2) is 11.6 Å². The third-order valence-electron chi connectivity index (χ3n) is 5.08. The molecular formula is C18H20F2N4O6. The molecule has 0 radical (unpaired) electrons. The molecule has 162 valence electrons. The van der Waals surface area contributed by atoms with Crippen LogP contribution in [0, 0.1) is 11.6 Å². The lowest BCUT2D eigenvalue weighted by atomic mass is 10.2. The van der Waals surface area contributed by atoms with Gasteiger partial charge in [0.25, 0.3) is 0 Å². The number of hydrogen-bond donors (Lipinski definition) is 2. The average molecular weight is 426 g/mol. The summed E-state index contributed by atoms with van der Waals surface area (Å²) in [6.07, 6.45) is -3.13.